The van der Waals surface area contributed by atoms with Gasteiger partial charge in [-0.3, -0.25) is 29.5 Å². The largest absolute Gasteiger partial charge is 0.322 e. The van der Waals surface area contributed by atoms with Gasteiger partial charge in [-0.2, -0.15) is 0 Å². The lowest BCUT2D eigenvalue weighted by atomic mass is 10.1. The van der Waals surface area contributed by atoms with Gasteiger partial charge in [0.05, 0.1) is 17.0 Å². The SMILES string of the molecule is O=C1CC(N(Cc2cccnc2)C(=O)c2ccc([N+](=O)[O-])cc2)C(=O)N1c1ccc(I)cc1. The van der Waals surface area contributed by atoms with Crippen LogP contribution in [-0.2, 0) is 16.1 Å². The van der Waals surface area contributed by atoms with Crippen molar-refractivity contribution in [2.24, 2.45) is 0 Å². The molecule has 0 bridgehead atoms. The molecule has 2 aromatic carbocycles. The molecule has 0 aliphatic carbocycles. The van der Waals surface area contributed by atoms with Gasteiger partial charge in [0.2, 0.25) is 5.91 Å². The third kappa shape index (κ3) is 4.75. The summed E-state index contributed by atoms with van der Waals surface area (Å²) in [6.07, 6.45) is 3.01. The number of anilines is 1. The van der Waals surface area contributed by atoms with E-state index in [9.17, 15) is 24.5 Å². The van der Waals surface area contributed by atoms with Crippen molar-refractivity contribution in [2.45, 2.75) is 19.0 Å². The van der Waals surface area contributed by atoms with Crippen LogP contribution in [0.4, 0.5) is 11.4 Å². The minimum absolute atomic E-state index is 0.0495. The maximum atomic E-state index is 13.4. The first-order valence-corrected chi connectivity index (χ1v) is 11.0. The van der Waals surface area contributed by atoms with Crippen molar-refractivity contribution in [3.05, 3.63) is 97.9 Å². The van der Waals surface area contributed by atoms with Crippen LogP contribution in [0.2, 0.25) is 0 Å². The van der Waals surface area contributed by atoms with Crippen LogP contribution < -0.4 is 4.90 Å². The Balaban J connectivity index is 1.67. The fraction of sp³-hybridized carbons (Fsp3) is 0.130. The topological polar surface area (TPSA) is 114 Å². The van der Waals surface area contributed by atoms with E-state index in [1.807, 2.05) is 0 Å². The Kier molecular flexibility index (Phi) is 6.45. The lowest BCUT2D eigenvalue weighted by Gasteiger charge is -2.28. The van der Waals surface area contributed by atoms with Crippen molar-refractivity contribution < 1.29 is 19.3 Å². The van der Waals surface area contributed by atoms with Crippen LogP contribution in [0.15, 0.2) is 73.1 Å². The average Bonchev–Trinajstić information content (AvgIpc) is 3.12. The Morgan fingerprint density at radius 3 is 2.42 bits per heavy atom. The Labute approximate surface area is 202 Å². The van der Waals surface area contributed by atoms with Crippen LogP contribution in [-0.4, -0.2) is 38.6 Å². The number of non-ortho nitro benzene ring substituents is 1. The zero-order chi connectivity index (χ0) is 23.5. The molecule has 3 amide bonds. The summed E-state index contributed by atoms with van der Waals surface area (Å²) < 4.78 is 0.957. The monoisotopic (exact) mass is 556 g/mol. The summed E-state index contributed by atoms with van der Waals surface area (Å²) in [5.41, 5.74) is 1.15. The molecule has 33 heavy (non-hydrogen) atoms. The quantitative estimate of drug-likeness (QED) is 0.199. The smallest absolute Gasteiger partial charge is 0.269 e. The molecular formula is C23H17IN4O5. The van der Waals surface area contributed by atoms with Crippen molar-refractivity contribution in [1.29, 1.82) is 0 Å². The molecule has 0 radical (unpaired) electrons. The van der Waals surface area contributed by atoms with Gasteiger partial charge in [-0.1, -0.05) is 6.07 Å². The minimum Gasteiger partial charge on any atom is -0.322 e. The predicted octanol–water partition coefficient (Wildman–Crippen LogP) is 3.57. The molecule has 166 valence electrons. The number of imide groups is 1. The highest BCUT2D eigenvalue weighted by atomic mass is 127. The molecule has 1 atom stereocenters. The molecule has 3 aromatic rings. The number of hydrogen-bond acceptors (Lipinski definition) is 6. The Hall–Kier alpha value is -3.67. The van der Waals surface area contributed by atoms with Crippen LogP contribution in [0.1, 0.15) is 22.3 Å². The van der Waals surface area contributed by atoms with Crippen LogP contribution in [0.5, 0.6) is 0 Å². The second-order valence-electron chi connectivity index (χ2n) is 7.36. The lowest BCUT2D eigenvalue weighted by molar-refractivity contribution is -0.384. The molecule has 9 nitrogen and oxygen atoms in total. The first-order chi connectivity index (χ1) is 15.8. The second kappa shape index (κ2) is 9.45. The number of rotatable bonds is 6. The van der Waals surface area contributed by atoms with Crippen LogP contribution in [0.3, 0.4) is 0 Å². The molecule has 0 N–H and O–H groups in total. The lowest BCUT2D eigenvalue weighted by Crippen LogP contribution is -2.45. The van der Waals surface area contributed by atoms with Gasteiger partial charge in [0.25, 0.3) is 17.5 Å². The summed E-state index contributed by atoms with van der Waals surface area (Å²) in [6.45, 7) is 0.0495. The Morgan fingerprint density at radius 2 is 1.82 bits per heavy atom. The number of halogens is 1. The molecule has 1 aromatic heterocycles. The van der Waals surface area contributed by atoms with Gasteiger partial charge in [0, 0.05) is 40.2 Å². The first-order valence-electron chi connectivity index (χ1n) is 9.92. The maximum Gasteiger partial charge on any atom is 0.269 e. The molecule has 1 aliphatic heterocycles. The number of nitro benzene ring substituents is 1. The highest BCUT2D eigenvalue weighted by Crippen LogP contribution is 2.28. The third-order valence-corrected chi connectivity index (χ3v) is 5.96. The summed E-state index contributed by atoms with van der Waals surface area (Å²) >= 11 is 2.13. The summed E-state index contributed by atoms with van der Waals surface area (Å²) in [5.74, 6) is -1.41. The molecule has 4 rings (SSSR count). The number of aromatic nitrogens is 1. The van der Waals surface area contributed by atoms with Crippen LogP contribution >= 0.6 is 22.6 Å². The molecule has 2 heterocycles. The molecule has 1 aliphatic rings. The van der Waals surface area contributed by atoms with Crippen molar-refractivity contribution in [1.82, 2.24) is 9.88 Å². The highest BCUT2D eigenvalue weighted by molar-refractivity contribution is 14.1. The van der Waals surface area contributed by atoms with Gasteiger partial charge in [-0.25, -0.2) is 4.90 Å². The number of carbonyl (C=O) groups excluding carboxylic acids is 3. The van der Waals surface area contributed by atoms with Gasteiger partial charge in [0.15, 0.2) is 0 Å². The standard InChI is InChI=1S/C23H17IN4O5/c24-17-5-9-18(10-6-17)27-21(29)12-20(23(27)31)26(14-15-2-1-11-25-13-15)22(30)16-3-7-19(8-4-16)28(32)33/h1-11,13,20H,12,14H2. The highest BCUT2D eigenvalue weighted by Gasteiger charge is 2.44. The Bertz CT molecular complexity index is 1220. The summed E-state index contributed by atoms with van der Waals surface area (Å²) in [4.78, 5) is 56.4. The predicted molar refractivity (Wildman–Crippen MR) is 127 cm³/mol. The molecule has 10 heteroatoms. The molecule has 0 saturated carbocycles. The van der Waals surface area contributed by atoms with E-state index in [1.165, 1.54) is 29.2 Å². The summed E-state index contributed by atoms with van der Waals surface area (Å²) in [5, 5.41) is 11.0. The van der Waals surface area contributed by atoms with E-state index in [0.717, 1.165) is 8.47 Å². The number of nitrogens with zero attached hydrogens (tertiary/aromatic N) is 4. The normalized spacial score (nSPS) is 15.5. The van der Waals surface area contributed by atoms with E-state index < -0.39 is 28.7 Å². The van der Waals surface area contributed by atoms with E-state index in [1.54, 1.807) is 48.8 Å². The van der Waals surface area contributed by atoms with Gasteiger partial charge in [0.1, 0.15) is 6.04 Å². The van der Waals surface area contributed by atoms with Crippen LogP contribution in [0, 0.1) is 13.7 Å². The number of carbonyl (C=O) groups is 3. The van der Waals surface area contributed by atoms with Crippen molar-refractivity contribution in [3.63, 3.8) is 0 Å². The fourth-order valence-electron chi connectivity index (χ4n) is 3.62. The second-order valence-corrected chi connectivity index (χ2v) is 8.61. The molecule has 0 spiro atoms. The van der Waals surface area contributed by atoms with Gasteiger partial charge in [-0.15, -0.1) is 0 Å². The number of hydrogen-bond donors (Lipinski definition) is 0. The van der Waals surface area contributed by atoms with E-state index in [0.29, 0.717) is 11.3 Å². The average molecular weight is 556 g/mol. The Morgan fingerprint density at radius 1 is 1.12 bits per heavy atom. The number of nitro groups is 1. The van der Waals surface area contributed by atoms with Crippen molar-refractivity contribution in [2.75, 3.05) is 4.90 Å². The van der Waals surface area contributed by atoms with Crippen molar-refractivity contribution in [3.8, 4) is 0 Å². The first kappa shape index (κ1) is 22.5. The fourth-order valence-corrected chi connectivity index (χ4v) is 3.98. The van der Waals surface area contributed by atoms with E-state index in [-0.39, 0.29) is 24.2 Å². The van der Waals surface area contributed by atoms with E-state index >= 15 is 0 Å². The van der Waals surface area contributed by atoms with E-state index in [4.69, 9.17) is 0 Å². The summed E-state index contributed by atoms with van der Waals surface area (Å²) in [7, 11) is 0. The van der Waals surface area contributed by atoms with Crippen LogP contribution in [0.25, 0.3) is 0 Å². The third-order valence-electron chi connectivity index (χ3n) is 5.25. The number of benzene rings is 2. The van der Waals surface area contributed by atoms with Crippen molar-refractivity contribution >= 4 is 51.7 Å². The molecule has 1 unspecified atom stereocenters. The molecule has 1 fully saturated rings. The van der Waals surface area contributed by atoms with Gasteiger partial charge >= 0.3 is 0 Å². The van der Waals surface area contributed by atoms with Gasteiger partial charge in [-0.05, 0) is 70.6 Å². The van der Waals surface area contributed by atoms with E-state index in [2.05, 4.69) is 27.6 Å². The molecular weight excluding hydrogens is 539 g/mol. The summed E-state index contributed by atoms with van der Waals surface area (Å²) in [6, 6.07) is 14.6. The molecule has 1 saturated heterocycles. The zero-order valence-corrected chi connectivity index (χ0v) is 19.3. The zero-order valence-electron chi connectivity index (χ0n) is 17.1. The minimum atomic E-state index is -1.01. The maximum absolute atomic E-state index is 13.4. The number of pyridine rings is 1. The number of amides is 3. The van der Waals surface area contributed by atoms with Gasteiger partial charge < -0.3 is 4.90 Å².